The van der Waals surface area contributed by atoms with E-state index in [0.717, 1.165) is 18.5 Å². The number of aromatic amines is 1. The molecule has 28 heavy (non-hydrogen) atoms. The van der Waals surface area contributed by atoms with Crippen LogP contribution in [0.3, 0.4) is 0 Å². The molecule has 3 aromatic rings. The van der Waals surface area contributed by atoms with Crippen molar-refractivity contribution in [2.75, 3.05) is 18.0 Å². The Morgan fingerprint density at radius 2 is 2.14 bits per heavy atom. The minimum absolute atomic E-state index is 0.0497. The van der Waals surface area contributed by atoms with Gasteiger partial charge in [0.15, 0.2) is 0 Å². The smallest absolute Gasteiger partial charge is 0.341 e. The van der Waals surface area contributed by atoms with Crippen molar-refractivity contribution in [2.45, 2.75) is 12.5 Å². The number of rotatable bonds is 3. The third kappa shape index (κ3) is 2.80. The van der Waals surface area contributed by atoms with E-state index >= 15 is 4.39 Å². The van der Waals surface area contributed by atoms with Crippen molar-refractivity contribution in [1.29, 1.82) is 0 Å². The van der Waals surface area contributed by atoms with Crippen molar-refractivity contribution in [3.05, 3.63) is 58.1 Å². The van der Waals surface area contributed by atoms with Crippen LogP contribution in [0.4, 0.5) is 14.5 Å². The molecule has 1 fully saturated rings. The van der Waals surface area contributed by atoms with Crippen molar-refractivity contribution >= 4 is 22.6 Å². The molecule has 1 aliphatic rings. The highest BCUT2D eigenvalue weighted by atomic mass is 19.1. The molecule has 0 bridgehead atoms. The van der Waals surface area contributed by atoms with Gasteiger partial charge in [-0.05, 0) is 18.6 Å². The molecule has 4 N–H and O–H groups in total. The quantitative estimate of drug-likeness (QED) is 0.636. The van der Waals surface area contributed by atoms with E-state index in [1.54, 1.807) is 4.90 Å². The number of nitrogens with one attached hydrogen (secondary N) is 1. The van der Waals surface area contributed by atoms with Gasteiger partial charge < -0.3 is 20.7 Å². The number of anilines is 1. The van der Waals surface area contributed by atoms with E-state index in [4.69, 9.17) is 5.73 Å². The maximum atomic E-state index is 15.2. The predicted molar refractivity (Wildman–Crippen MR) is 99.5 cm³/mol. The second-order valence-electron chi connectivity index (χ2n) is 6.69. The van der Waals surface area contributed by atoms with Gasteiger partial charge in [0.05, 0.1) is 22.8 Å². The molecule has 1 aromatic carbocycles. The van der Waals surface area contributed by atoms with E-state index in [2.05, 4.69) is 9.97 Å². The zero-order valence-electron chi connectivity index (χ0n) is 14.6. The van der Waals surface area contributed by atoms with E-state index in [1.807, 2.05) is 0 Å². The lowest BCUT2D eigenvalue weighted by atomic mass is 9.98. The summed E-state index contributed by atoms with van der Waals surface area (Å²) in [7, 11) is 0. The third-order valence-electron chi connectivity index (χ3n) is 4.92. The summed E-state index contributed by atoms with van der Waals surface area (Å²) in [6.45, 7) is 0.848. The summed E-state index contributed by atoms with van der Waals surface area (Å²) in [5.41, 5.74) is 5.03. The number of carboxylic acids is 1. The molecular weight excluding hydrogens is 370 g/mol. The molecule has 0 amide bonds. The van der Waals surface area contributed by atoms with E-state index in [0.29, 0.717) is 19.5 Å². The van der Waals surface area contributed by atoms with Crippen molar-refractivity contribution in [1.82, 2.24) is 9.97 Å². The minimum Gasteiger partial charge on any atom is -0.477 e. The van der Waals surface area contributed by atoms with Crippen LogP contribution >= 0.6 is 0 Å². The average molecular weight is 386 g/mol. The highest BCUT2D eigenvalue weighted by Gasteiger charge is 2.28. The number of hydrogen-bond donors (Lipinski definition) is 3. The Bertz CT molecular complexity index is 1160. The van der Waals surface area contributed by atoms with Crippen molar-refractivity contribution in [2.24, 2.45) is 5.73 Å². The van der Waals surface area contributed by atoms with Gasteiger partial charge in [0.1, 0.15) is 17.2 Å². The lowest BCUT2D eigenvalue weighted by molar-refractivity contribution is 0.0695. The molecule has 9 heteroatoms. The molecule has 0 radical (unpaired) electrons. The van der Waals surface area contributed by atoms with Crippen LogP contribution in [0.25, 0.3) is 22.0 Å². The first-order chi connectivity index (χ1) is 13.4. The van der Waals surface area contributed by atoms with Crippen LogP contribution in [-0.2, 0) is 0 Å². The van der Waals surface area contributed by atoms with Gasteiger partial charge in [-0.15, -0.1) is 0 Å². The number of carboxylic acid groups (broad SMARTS) is 1. The van der Waals surface area contributed by atoms with Gasteiger partial charge >= 0.3 is 5.97 Å². The monoisotopic (exact) mass is 386 g/mol. The summed E-state index contributed by atoms with van der Waals surface area (Å²) in [6.07, 6.45) is 4.03. The number of nitrogens with two attached hydrogens (primary N) is 1. The minimum atomic E-state index is -1.44. The van der Waals surface area contributed by atoms with Gasteiger partial charge in [0, 0.05) is 42.7 Å². The lowest BCUT2D eigenvalue weighted by Crippen LogP contribution is -2.27. The fraction of sp³-hybridized carbons (Fsp3) is 0.211. The van der Waals surface area contributed by atoms with Crippen LogP contribution < -0.4 is 16.1 Å². The van der Waals surface area contributed by atoms with E-state index in [9.17, 15) is 19.1 Å². The number of nitrogens with zero attached hydrogens (tertiary/aromatic N) is 2. The van der Waals surface area contributed by atoms with Crippen LogP contribution in [0.2, 0.25) is 0 Å². The SMILES string of the molecule is NC1CCN(c2c(F)cc3c(=O)c(C(=O)O)c[nH]c3c2-c2ccncc2F)C1. The van der Waals surface area contributed by atoms with Gasteiger partial charge in [0.2, 0.25) is 5.43 Å². The highest BCUT2D eigenvalue weighted by Crippen LogP contribution is 2.40. The highest BCUT2D eigenvalue weighted by molar-refractivity contribution is 6.03. The molecule has 2 aromatic heterocycles. The second kappa shape index (κ2) is 6.68. The van der Waals surface area contributed by atoms with Crippen molar-refractivity contribution in [3.8, 4) is 11.1 Å². The predicted octanol–water partition coefficient (Wildman–Crippen LogP) is 2.10. The van der Waals surface area contributed by atoms with Gasteiger partial charge in [-0.2, -0.15) is 0 Å². The van der Waals surface area contributed by atoms with Crippen molar-refractivity contribution in [3.63, 3.8) is 0 Å². The van der Waals surface area contributed by atoms with Gasteiger partial charge in [-0.3, -0.25) is 9.78 Å². The zero-order chi connectivity index (χ0) is 20.0. The Kier molecular flexibility index (Phi) is 4.31. The Labute approximate surface area is 157 Å². The number of fused-ring (bicyclic) bond motifs is 1. The Morgan fingerprint density at radius 3 is 2.79 bits per heavy atom. The number of aromatic carboxylic acids is 1. The Balaban J connectivity index is 2.12. The molecule has 0 aliphatic carbocycles. The van der Waals surface area contributed by atoms with Gasteiger partial charge in [0.25, 0.3) is 0 Å². The Morgan fingerprint density at radius 1 is 1.36 bits per heavy atom. The summed E-state index contributed by atoms with van der Waals surface area (Å²) in [4.78, 5) is 32.0. The molecular formula is C19H16F2N4O3. The molecule has 3 heterocycles. The van der Waals surface area contributed by atoms with Crippen LogP contribution in [-0.4, -0.2) is 40.2 Å². The van der Waals surface area contributed by atoms with Crippen LogP contribution in [0, 0.1) is 11.6 Å². The average Bonchev–Trinajstić information content (AvgIpc) is 3.07. The maximum absolute atomic E-state index is 15.2. The lowest BCUT2D eigenvalue weighted by Gasteiger charge is -2.24. The van der Waals surface area contributed by atoms with Gasteiger partial charge in [-0.1, -0.05) is 0 Å². The summed E-state index contributed by atoms with van der Waals surface area (Å²) in [6, 6.07) is 2.22. The summed E-state index contributed by atoms with van der Waals surface area (Å²) >= 11 is 0. The summed E-state index contributed by atoms with van der Waals surface area (Å²) in [5, 5.41) is 9.01. The van der Waals surface area contributed by atoms with Crippen LogP contribution in [0.15, 0.2) is 35.5 Å². The first-order valence-corrected chi connectivity index (χ1v) is 8.60. The van der Waals surface area contributed by atoms with E-state index in [-0.39, 0.29) is 33.8 Å². The zero-order valence-corrected chi connectivity index (χ0v) is 14.6. The molecule has 1 unspecified atom stereocenters. The third-order valence-corrected chi connectivity index (χ3v) is 4.92. The number of hydrogen-bond acceptors (Lipinski definition) is 5. The number of halogens is 2. The van der Waals surface area contributed by atoms with E-state index in [1.165, 1.54) is 12.3 Å². The number of pyridine rings is 2. The first kappa shape index (κ1) is 18.1. The maximum Gasteiger partial charge on any atom is 0.341 e. The summed E-state index contributed by atoms with van der Waals surface area (Å²) in [5.74, 6) is -2.88. The molecule has 1 atom stereocenters. The number of benzene rings is 1. The topological polar surface area (TPSA) is 112 Å². The molecule has 0 spiro atoms. The molecule has 7 nitrogen and oxygen atoms in total. The number of H-pyrrole nitrogens is 1. The molecule has 1 aliphatic heterocycles. The standard InChI is InChI=1S/C19H16F2N4O3/c20-13-5-11-16(24-6-12(18(11)26)19(27)28)15(10-1-3-23-7-14(10)21)17(13)25-4-2-9(22)8-25/h1,3,5-7,9H,2,4,8,22H2,(H,24,26)(H,27,28). The molecule has 0 saturated carbocycles. The van der Waals surface area contributed by atoms with Crippen LogP contribution in [0.5, 0.6) is 0 Å². The van der Waals surface area contributed by atoms with Crippen LogP contribution in [0.1, 0.15) is 16.8 Å². The fourth-order valence-electron chi connectivity index (χ4n) is 3.62. The van der Waals surface area contributed by atoms with Crippen molar-refractivity contribution < 1.29 is 18.7 Å². The molecule has 1 saturated heterocycles. The largest absolute Gasteiger partial charge is 0.477 e. The number of aromatic nitrogens is 2. The second-order valence-corrected chi connectivity index (χ2v) is 6.69. The van der Waals surface area contributed by atoms with Gasteiger partial charge in [-0.25, -0.2) is 13.6 Å². The van der Waals surface area contributed by atoms with E-state index < -0.39 is 28.6 Å². The first-order valence-electron chi connectivity index (χ1n) is 8.60. The Hall–Kier alpha value is -3.33. The fourth-order valence-corrected chi connectivity index (χ4v) is 3.62. The summed E-state index contributed by atoms with van der Waals surface area (Å²) < 4.78 is 29.7. The normalized spacial score (nSPS) is 16.7. The molecule has 144 valence electrons. The molecule has 4 rings (SSSR count). The number of carbonyl (C=O) groups is 1.